The molecule has 1 saturated heterocycles. The van der Waals surface area contributed by atoms with Crippen molar-refractivity contribution in [1.82, 2.24) is 10.2 Å². The number of hydrogen-bond acceptors (Lipinski definition) is 9. The topological polar surface area (TPSA) is 131 Å². The number of amides is 1. The number of carbonyl (C=O) groups is 4. The van der Waals surface area contributed by atoms with Gasteiger partial charge in [0.25, 0.3) is 0 Å². The van der Waals surface area contributed by atoms with Crippen LogP contribution in [0.15, 0.2) is 36.4 Å². The van der Waals surface area contributed by atoms with Gasteiger partial charge in [0, 0.05) is 33.9 Å². The molecule has 1 aliphatic rings. The second kappa shape index (κ2) is 11.5. The molecule has 0 aromatic heterocycles. The summed E-state index contributed by atoms with van der Waals surface area (Å²) in [5, 5.41) is 12.7. The largest absolute Gasteiger partial charge is 0.504 e. The second-order valence-electron chi connectivity index (χ2n) is 8.21. The molecular formula is C25H28N2O8. The van der Waals surface area contributed by atoms with Crippen molar-refractivity contribution < 1.29 is 38.5 Å². The van der Waals surface area contributed by atoms with Crippen LogP contribution in [0.2, 0.25) is 0 Å². The highest BCUT2D eigenvalue weighted by Crippen LogP contribution is 2.31. The SMILES string of the molecule is CC(=O)Oc1cc(CNC(=O)C2CCCN2Cc2ccc(OC(C)=O)c(OC(C)=O)c2)ccc1O. The number of nitrogens with zero attached hydrogens (tertiary/aromatic N) is 1. The second-order valence-corrected chi connectivity index (χ2v) is 8.21. The van der Waals surface area contributed by atoms with Gasteiger partial charge < -0.3 is 24.6 Å². The summed E-state index contributed by atoms with van der Waals surface area (Å²) in [6, 6.07) is 9.13. The fourth-order valence-corrected chi connectivity index (χ4v) is 3.88. The summed E-state index contributed by atoms with van der Waals surface area (Å²) in [6.45, 7) is 5.10. The summed E-state index contributed by atoms with van der Waals surface area (Å²) in [7, 11) is 0. The van der Waals surface area contributed by atoms with Crippen LogP contribution in [-0.4, -0.2) is 46.4 Å². The standard InChI is InChI=1S/C25H28N2O8/c1-15(28)33-22-9-7-19(12-24(22)35-17(3)30)14-27-10-4-5-20(27)25(32)26-13-18-6-8-21(31)23(11-18)34-16(2)29/h6-9,11-12,20,31H,4-5,10,13-14H2,1-3H3,(H,26,32). The molecule has 1 unspecified atom stereocenters. The lowest BCUT2D eigenvalue weighted by Gasteiger charge is -2.24. The highest BCUT2D eigenvalue weighted by molar-refractivity contribution is 5.82. The van der Waals surface area contributed by atoms with Crippen LogP contribution < -0.4 is 19.5 Å². The van der Waals surface area contributed by atoms with Crippen LogP contribution in [0.1, 0.15) is 44.7 Å². The van der Waals surface area contributed by atoms with Gasteiger partial charge in [0.15, 0.2) is 23.0 Å². The Balaban J connectivity index is 1.66. The van der Waals surface area contributed by atoms with Crippen LogP contribution in [0, 0.1) is 0 Å². The van der Waals surface area contributed by atoms with E-state index in [-0.39, 0.29) is 41.5 Å². The van der Waals surface area contributed by atoms with Crippen LogP contribution >= 0.6 is 0 Å². The predicted octanol–water partition coefficient (Wildman–Crippen LogP) is 2.45. The number of aromatic hydroxyl groups is 1. The quantitative estimate of drug-likeness (QED) is 0.428. The average Bonchev–Trinajstić information content (AvgIpc) is 3.23. The van der Waals surface area contributed by atoms with Crippen LogP contribution in [0.4, 0.5) is 0 Å². The Kier molecular flexibility index (Phi) is 8.43. The first-order valence-corrected chi connectivity index (χ1v) is 11.1. The maximum atomic E-state index is 12.9. The molecule has 3 rings (SSSR count). The zero-order chi connectivity index (χ0) is 25.5. The maximum Gasteiger partial charge on any atom is 0.308 e. The van der Waals surface area contributed by atoms with E-state index >= 15 is 0 Å². The molecule has 35 heavy (non-hydrogen) atoms. The molecular weight excluding hydrogens is 456 g/mol. The molecule has 0 aliphatic carbocycles. The van der Waals surface area contributed by atoms with Gasteiger partial charge >= 0.3 is 17.9 Å². The van der Waals surface area contributed by atoms with Gasteiger partial charge in [-0.25, -0.2) is 0 Å². The van der Waals surface area contributed by atoms with Gasteiger partial charge in [-0.3, -0.25) is 24.1 Å². The Morgan fingerprint density at radius 2 is 1.49 bits per heavy atom. The van der Waals surface area contributed by atoms with Crippen molar-refractivity contribution in [3.8, 4) is 23.0 Å². The highest BCUT2D eigenvalue weighted by atomic mass is 16.6. The number of likely N-dealkylation sites (tertiary alicyclic amines) is 1. The Morgan fingerprint density at radius 1 is 0.886 bits per heavy atom. The highest BCUT2D eigenvalue weighted by Gasteiger charge is 2.30. The third-order valence-electron chi connectivity index (χ3n) is 5.31. The summed E-state index contributed by atoms with van der Waals surface area (Å²) in [5.74, 6) is -1.62. The first-order valence-electron chi connectivity index (χ1n) is 11.1. The van der Waals surface area contributed by atoms with Crippen molar-refractivity contribution in [3.63, 3.8) is 0 Å². The number of hydrogen-bond donors (Lipinski definition) is 2. The first-order chi connectivity index (χ1) is 16.6. The molecule has 0 spiro atoms. The van der Waals surface area contributed by atoms with E-state index in [1.807, 2.05) is 4.90 Å². The molecule has 1 heterocycles. The van der Waals surface area contributed by atoms with Crippen molar-refractivity contribution >= 4 is 23.8 Å². The lowest BCUT2D eigenvalue weighted by Crippen LogP contribution is -2.42. The molecule has 1 atom stereocenters. The number of phenols is 1. The zero-order valence-electron chi connectivity index (χ0n) is 19.8. The minimum Gasteiger partial charge on any atom is -0.504 e. The Labute approximate surface area is 202 Å². The lowest BCUT2D eigenvalue weighted by atomic mass is 10.1. The lowest BCUT2D eigenvalue weighted by molar-refractivity contribution is -0.134. The predicted molar refractivity (Wildman–Crippen MR) is 124 cm³/mol. The van der Waals surface area contributed by atoms with E-state index in [0.29, 0.717) is 25.1 Å². The fraction of sp³-hybridized carbons (Fsp3) is 0.360. The summed E-state index contributed by atoms with van der Waals surface area (Å²) < 4.78 is 15.3. The summed E-state index contributed by atoms with van der Waals surface area (Å²) in [6.07, 6.45) is 1.53. The Hall–Kier alpha value is -3.92. The minimum atomic E-state index is -0.555. The van der Waals surface area contributed by atoms with Crippen LogP contribution in [0.5, 0.6) is 23.0 Å². The molecule has 0 radical (unpaired) electrons. The third-order valence-corrected chi connectivity index (χ3v) is 5.31. The number of ether oxygens (including phenoxy) is 3. The summed E-state index contributed by atoms with van der Waals surface area (Å²) in [5.41, 5.74) is 1.46. The molecule has 0 saturated carbocycles. The monoisotopic (exact) mass is 484 g/mol. The first kappa shape index (κ1) is 25.7. The van der Waals surface area contributed by atoms with Gasteiger partial charge in [-0.15, -0.1) is 0 Å². The van der Waals surface area contributed by atoms with Gasteiger partial charge in [-0.05, 0) is 54.8 Å². The van der Waals surface area contributed by atoms with Crippen LogP contribution in [0.25, 0.3) is 0 Å². The van der Waals surface area contributed by atoms with E-state index in [1.165, 1.54) is 32.9 Å². The Bertz CT molecular complexity index is 1130. The molecule has 2 aromatic rings. The molecule has 1 aliphatic heterocycles. The number of benzene rings is 2. The van der Waals surface area contributed by atoms with Crippen LogP contribution in [-0.2, 0) is 32.3 Å². The zero-order valence-corrected chi connectivity index (χ0v) is 19.8. The van der Waals surface area contributed by atoms with Crippen molar-refractivity contribution in [2.45, 2.75) is 52.7 Å². The number of phenolic OH excluding ortho intramolecular Hbond substituents is 1. The van der Waals surface area contributed by atoms with E-state index in [1.54, 1.807) is 24.3 Å². The third kappa shape index (κ3) is 7.28. The van der Waals surface area contributed by atoms with Crippen molar-refractivity contribution in [2.75, 3.05) is 6.54 Å². The fourth-order valence-electron chi connectivity index (χ4n) is 3.88. The molecule has 0 bridgehead atoms. The molecule has 10 heteroatoms. The average molecular weight is 485 g/mol. The Morgan fingerprint density at radius 3 is 2.17 bits per heavy atom. The number of esters is 3. The smallest absolute Gasteiger partial charge is 0.308 e. The van der Waals surface area contributed by atoms with Gasteiger partial charge in [0.05, 0.1) is 6.04 Å². The molecule has 1 amide bonds. The van der Waals surface area contributed by atoms with Gasteiger partial charge in [-0.2, -0.15) is 0 Å². The molecule has 10 nitrogen and oxygen atoms in total. The van der Waals surface area contributed by atoms with E-state index in [4.69, 9.17) is 14.2 Å². The summed E-state index contributed by atoms with van der Waals surface area (Å²) >= 11 is 0. The maximum absolute atomic E-state index is 12.9. The van der Waals surface area contributed by atoms with Crippen LogP contribution in [0.3, 0.4) is 0 Å². The van der Waals surface area contributed by atoms with Crippen molar-refractivity contribution in [3.05, 3.63) is 47.5 Å². The molecule has 186 valence electrons. The van der Waals surface area contributed by atoms with E-state index in [0.717, 1.165) is 12.0 Å². The van der Waals surface area contributed by atoms with E-state index in [9.17, 15) is 24.3 Å². The minimum absolute atomic E-state index is 0.0347. The van der Waals surface area contributed by atoms with Crippen molar-refractivity contribution in [1.29, 1.82) is 0 Å². The van der Waals surface area contributed by atoms with Crippen molar-refractivity contribution in [2.24, 2.45) is 0 Å². The van der Waals surface area contributed by atoms with E-state index in [2.05, 4.69) is 5.32 Å². The normalized spacial score (nSPS) is 15.3. The molecule has 1 fully saturated rings. The number of rotatable bonds is 8. The molecule has 2 aromatic carbocycles. The van der Waals surface area contributed by atoms with Gasteiger partial charge in [-0.1, -0.05) is 12.1 Å². The van der Waals surface area contributed by atoms with Gasteiger partial charge in [0.1, 0.15) is 0 Å². The number of carbonyl (C=O) groups excluding carboxylic acids is 4. The summed E-state index contributed by atoms with van der Waals surface area (Å²) in [4.78, 5) is 48.9. The number of nitrogens with one attached hydrogen (secondary N) is 1. The van der Waals surface area contributed by atoms with Gasteiger partial charge in [0.2, 0.25) is 5.91 Å². The van der Waals surface area contributed by atoms with E-state index < -0.39 is 17.9 Å². The molecule has 2 N–H and O–H groups in total.